The van der Waals surface area contributed by atoms with Crippen molar-refractivity contribution in [2.45, 2.75) is 6.54 Å². The second-order valence-corrected chi connectivity index (χ2v) is 5.32. The number of hydrogen-bond donors (Lipinski definition) is 0. The minimum atomic E-state index is -0.165. The lowest BCUT2D eigenvalue weighted by Gasteiger charge is -2.04. The molecule has 0 unspecified atom stereocenters. The van der Waals surface area contributed by atoms with Gasteiger partial charge >= 0.3 is 0 Å². The Bertz CT molecular complexity index is 1140. The van der Waals surface area contributed by atoms with Gasteiger partial charge in [-0.2, -0.15) is 10.4 Å². The van der Waals surface area contributed by atoms with Crippen molar-refractivity contribution in [3.05, 3.63) is 64.6 Å². The van der Waals surface area contributed by atoms with Crippen molar-refractivity contribution >= 4 is 16.6 Å². The van der Waals surface area contributed by atoms with Gasteiger partial charge in [0.1, 0.15) is 17.8 Å². The molecule has 0 amide bonds. The summed E-state index contributed by atoms with van der Waals surface area (Å²) in [5, 5.41) is 14.0. The fourth-order valence-electron chi connectivity index (χ4n) is 2.79. The normalized spacial score (nSPS) is 11.1. The lowest BCUT2D eigenvalue weighted by Crippen LogP contribution is -2.21. The lowest BCUT2D eigenvalue weighted by atomic mass is 10.2. The summed E-state index contributed by atoms with van der Waals surface area (Å²) in [4.78, 5) is 16.8. The zero-order chi connectivity index (χ0) is 16.0. The number of hydrogen-bond acceptors (Lipinski definition) is 4. The summed E-state index contributed by atoms with van der Waals surface area (Å²) in [5.74, 6) is 0. The van der Waals surface area contributed by atoms with Gasteiger partial charge in [0.05, 0.1) is 23.8 Å². The van der Waals surface area contributed by atoms with Gasteiger partial charge in [0.25, 0.3) is 5.56 Å². The first kappa shape index (κ1) is 13.3. The molecule has 0 saturated heterocycles. The molecule has 0 fully saturated rings. The molecule has 0 bridgehead atoms. The number of nitriles is 1. The second-order valence-electron chi connectivity index (χ2n) is 5.32. The van der Waals surface area contributed by atoms with Gasteiger partial charge in [-0.15, -0.1) is 0 Å². The van der Waals surface area contributed by atoms with Gasteiger partial charge in [0.15, 0.2) is 5.65 Å². The molecule has 0 aromatic carbocycles. The van der Waals surface area contributed by atoms with E-state index < -0.39 is 0 Å². The third-order valence-electron chi connectivity index (χ3n) is 3.93. The van der Waals surface area contributed by atoms with Crippen molar-refractivity contribution in [2.75, 3.05) is 0 Å². The van der Waals surface area contributed by atoms with E-state index in [1.54, 1.807) is 11.7 Å². The van der Waals surface area contributed by atoms with Crippen molar-refractivity contribution in [2.24, 2.45) is 7.05 Å². The van der Waals surface area contributed by atoms with Crippen LogP contribution in [-0.2, 0) is 13.6 Å². The molecule has 0 aliphatic rings. The van der Waals surface area contributed by atoms with Gasteiger partial charge in [0, 0.05) is 25.0 Å². The van der Waals surface area contributed by atoms with Gasteiger partial charge in [-0.3, -0.25) is 14.0 Å². The van der Waals surface area contributed by atoms with E-state index in [4.69, 9.17) is 0 Å². The van der Waals surface area contributed by atoms with Crippen LogP contribution in [0.4, 0.5) is 0 Å². The first-order valence-electron chi connectivity index (χ1n) is 7.05. The van der Waals surface area contributed by atoms with Crippen LogP contribution in [0.3, 0.4) is 0 Å². The molecule has 0 spiro atoms. The van der Waals surface area contributed by atoms with Gasteiger partial charge < -0.3 is 4.40 Å². The van der Waals surface area contributed by atoms with E-state index in [2.05, 4.69) is 16.2 Å². The summed E-state index contributed by atoms with van der Waals surface area (Å²) in [6.45, 7) is 0.293. The Morgan fingerprint density at radius 1 is 1.35 bits per heavy atom. The number of aromatic nitrogens is 5. The number of pyridine rings is 1. The number of nitrogens with zero attached hydrogens (tertiary/aromatic N) is 6. The molecule has 23 heavy (non-hydrogen) atoms. The van der Waals surface area contributed by atoms with E-state index in [1.165, 1.54) is 17.1 Å². The lowest BCUT2D eigenvalue weighted by molar-refractivity contribution is 0.736. The number of rotatable bonds is 2. The maximum atomic E-state index is 12.5. The standard InChI is InChI=1S/C16H12N6O/c1-20-15-13(7-19-20)16(23)22(10-18-15)9-11-8-21-5-3-2-4-14(21)12(11)6-17/h2-5,7-8,10H,9H2,1H3. The largest absolute Gasteiger partial charge is 0.322 e. The first-order chi connectivity index (χ1) is 11.2. The molecule has 0 aliphatic carbocycles. The Morgan fingerprint density at radius 3 is 3.04 bits per heavy atom. The zero-order valence-corrected chi connectivity index (χ0v) is 12.3. The van der Waals surface area contributed by atoms with E-state index in [0.717, 1.165) is 11.1 Å². The van der Waals surface area contributed by atoms with Crippen LogP contribution in [0, 0.1) is 11.3 Å². The average Bonchev–Trinajstić information content (AvgIpc) is 3.10. The van der Waals surface area contributed by atoms with E-state index >= 15 is 0 Å². The highest BCUT2D eigenvalue weighted by Gasteiger charge is 2.13. The SMILES string of the molecule is Cn1ncc2c(=O)n(Cc3cn4ccccc4c3C#N)cnc21. The predicted octanol–water partition coefficient (Wildman–Crippen LogP) is 1.30. The molecule has 4 aromatic rings. The molecule has 4 heterocycles. The Morgan fingerprint density at radius 2 is 2.22 bits per heavy atom. The molecule has 4 aromatic heterocycles. The molecule has 4 rings (SSSR count). The Kier molecular flexibility index (Phi) is 2.78. The highest BCUT2D eigenvalue weighted by Crippen LogP contribution is 2.18. The van der Waals surface area contributed by atoms with Crippen LogP contribution in [-0.4, -0.2) is 23.7 Å². The smallest absolute Gasteiger partial charge is 0.264 e. The molecule has 0 radical (unpaired) electrons. The van der Waals surface area contributed by atoms with Crippen LogP contribution in [0.1, 0.15) is 11.1 Å². The van der Waals surface area contributed by atoms with Crippen LogP contribution < -0.4 is 5.56 Å². The monoisotopic (exact) mass is 304 g/mol. The molecule has 0 saturated carbocycles. The molecule has 7 nitrogen and oxygen atoms in total. The minimum absolute atomic E-state index is 0.165. The van der Waals surface area contributed by atoms with Gasteiger partial charge in [-0.05, 0) is 12.1 Å². The molecule has 0 atom stereocenters. The van der Waals surface area contributed by atoms with E-state index in [9.17, 15) is 10.1 Å². The van der Waals surface area contributed by atoms with Gasteiger partial charge in [-0.1, -0.05) is 6.07 Å². The Hall–Kier alpha value is -3.40. The highest BCUT2D eigenvalue weighted by molar-refractivity contribution is 5.72. The summed E-state index contributed by atoms with van der Waals surface area (Å²) in [7, 11) is 1.74. The topological polar surface area (TPSA) is 80.9 Å². The van der Waals surface area contributed by atoms with Crippen LogP contribution in [0.5, 0.6) is 0 Å². The minimum Gasteiger partial charge on any atom is -0.322 e. The van der Waals surface area contributed by atoms with E-state index in [0.29, 0.717) is 23.1 Å². The Labute approximate surface area is 130 Å². The van der Waals surface area contributed by atoms with Crippen molar-refractivity contribution in [3.8, 4) is 6.07 Å². The average molecular weight is 304 g/mol. The molecule has 7 heteroatoms. The molecular formula is C16H12N6O. The quantitative estimate of drug-likeness (QED) is 0.559. The summed E-state index contributed by atoms with van der Waals surface area (Å²) in [6.07, 6.45) is 6.76. The Balaban J connectivity index is 1.87. The highest BCUT2D eigenvalue weighted by atomic mass is 16.1. The molecular weight excluding hydrogens is 292 g/mol. The summed E-state index contributed by atoms with van der Waals surface area (Å²) in [6, 6.07) is 7.89. The van der Waals surface area contributed by atoms with E-state index in [1.807, 2.05) is 35.0 Å². The maximum Gasteiger partial charge on any atom is 0.264 e. The third kappa shape index (κ3) is 1.92. The van der Waals surface area contributed by atoms with Crippen molar-refractivity contribution in [1.29, 1.82) is 5.26 Å². The van der Waals surface area contributed by atoms with Crippen molar-refractivity contribution < 1.29 is 0 Å². The maximum absolute atomic E-state index is 12.5. The van der Waals surface area contributed by atoms with Crippen molar-refractivity contribution in [3.63, 3.8) is 0 Å². The fourth-order valence-corrected chi connectivity index (χ4v) is 2.79. The fraction of sp³-hybridized carbons (Fsp3) is 0.125. The summed E-state index contributed by atoms with van der Waals surface area (Å²) >= 11 is 0. The van der Waals surface area contributed by atoms with Crippen LogP contribution in [0.2, 0.25) is 0 Å². The van der Waals surface area contributed by atoms with Crippen molar-refractivity contribution in [1.82, 2.24) is 23.7 Å². The molecule has 112 valence electrons. The van der Waals surface area contributed by atoms with Crippen LogP contribution >= 0.6 is 0 Å². The molecule has 0 N–H and O–H groups in total. The van der Waals surface area contributed by atoms with Gasteiger partial charge in [-0.25, -0.2) is 4.98 Å². The first-order valence-corrected chi connectivity index (χ1v) is 7.05. The number of fused-ring (bicyclic) bond motifs is 2. The zero-order valence-electron chi connectivity index (χ0n) is 12.3. The number of aryl methyl sites for hydroxylation is 1. The van der Waals surface area contributed by atoms with E-state index in [-0.39, 0.29) is 5.56 Å². The summed E-state index contributed by atoms with van der Waals surface area (Å²) in [5.41, 5.74) is 2.57. The molecule has 0 aliphatic heterocycles. The summed E-state index contributed by atoms with van der Waals surface area (Å²) < 4.78 is 4.95. The second kappa shape index (κ2) is 4.81. The van der Waals surface area contributed by atoms with Crippen LogP contribution in [0.25, 0.3) is 16.6 Å². The third-order valence-corrected chi connectivity index (χ3v) is 3.93. The van der Waals surface area contributed by atoms with Gasteiger partial charge in [0.2, 0.25) is 0 Å². The predicted molar refractivity (Wildman–Crippen MR) is 84.0 cm³/mol. The van der Waals surface area contributed by atoms with Crippen LogP contribution in [0.15, 0.2) is 47.9 Å².